The molecule has 1 amide bonds. The van der Waals surface area contributed by atoms with Crippen molar-refractivity contribution < 1.29 is 38.1 Å². The van der Waals surface area contributed by atoms with Crippen molar-refractivity contribution in [2.24, 2.45) is 28.1 Å². The molecule has 1 spiro atoms. The molecule has 2 aromatic rings. The molecule has 12 nitrogen and oxygen atoms in total. The number of carbonyl (C=O) groups is 3. The monoisotopic (exact) mass is 863 g/mol. The predicted octanol–water partition coefficient (Wildman–Crippen LogP) is 9.87. The normalized spacial score (nSPS) is 23.8. The second-order valence-corrected chi connectivity index (χ2v) is 21.8. The van der Waals surface area contributed by atoms with Crippen LogP contribution in [0.1, 0.15) is 156 Å². The van der Waals surface area contributed by atoms with Gasteiger partial charge in [0.15, 0.2) is 0 Å². The molecule has 3 aliphatic heterocycles. The molecule has 3 saturated heterocycles. The molecule has 1 N–H and O–H groups in total. The van der Waals surface area contributed by atoms with E-state index in [-0.39, 0.29) is 42.4 Å². The number of amides is 1. The molecular weight excluding hydrogens is 785 g/mol. The second kappa shape index (κ2) is 19.9. The number of rotatable bonds is 12. The summed E-state index contributed by atoms with van der Waals surface area (Å²) in [6.07, 6.45) is 8.35. The topological polar surface area (TPSA) is 133 Å². The van der Waals surface area contributed by atoms with Crippen molar-refractivity contribution in [2.45, 2.75) is 165 Å². The highest BCUT2D eigenvalue weighted by molar-refractivity contribution is 5.76. The van der Waals surface area contributed by atoms with E-state index in [4.69, 9.17) is 23.7 Å². The third kappa shape index (κ3) is 12.9. The fourth-order valence-corrected chi connectivity index (χ4v) is 8.69. The molecule has 0 aliphatic carbocycles. The molecular formula is C50H78N4O8. The molecule has 0 bridgehead atoms. The maximum absolute atomic E-state index is 13.1. The molecule has 4 heterocycles. The van der Waals surface area contributed by atoms with Crippen LogP contribution in [-0.2, 0) is 35.0 Å². The maximum atomic E-state index is 13.1. The van der Waals surface area contributed by atoms with Gasteiger partial charge in [-0.1, -0.05) is 58.0 Å². The van der Waals surface area contributed by atoms with Gasteiger partial charge in [-0.3, -0.25) is 14.7 Å². The molecule has 0 saturated carbocycles. The number of nitrogens with zero attached hydrogens (tertiary/aromatic N) is 3. The molecule has 3 fully saturated rings. The van der Waals surface area contributed by atoms with Crippen molar-refractivity contribution in [3.63, 3.8) is 0 Å². The lowest BCUT2D eigenvalue weighted by Crippen LogP contribution is -2.55. The molecule has 12 heteroatoms. The van der Waals surface area contributed by atoms with Crippen LogP contribution in [0.4, 0.5) is 4.79 Å². The van der Waals surface area contributed by atoms with Crippen molar-refractivity contribution in [3.05, 3.63) is 52.2 Å². The first-order chi connectivity index (χ1) is 28.9. The number of H-pyrrole nitrogens is 1. The lowest BCUT2D eigenvalue weighted by atomic mass is 9.72. The minimum absolute atomic E-state index is 0.0730. The van der Waals surface area contributed by atoms with Gasteiger partial charge in [0.05, 0.1) is 10.8 Å². The smallest absolute Gasteiger partial charge is 0.410 e. The number of likely N-dealkylation sites (tertiary alicyclic amines) is 2. The van der Waals surface area contributed by atoms with Gasteiger partial charge in [-0.2, -0.15) is 0 Å². The average Bonchev–Trinajstić information content (AvgIpc) is 3.57. The second-order valence-electron chi connectivity index (χ2n) is 21.8. The van der Waals surface area contributed by atoms with E-state index in [0.717, 1.165) is 63.2 Å². The number of aryl methyl sites for hydroxylation is 1. The van der Waals surface area contributed by atoms with Crippen molar-refractivity contribution in [3.8, 4) is 5.88 Å². The van der Waals surface area contributed by atoms with E-state index < -0.39 is 34.9 Å². The van der Waals surface area contributed by atoms with Gasteiger partial charge in [-0.05, 0) is 136 Å². The lowest BCUT2D eigenvalue weighted by Gasteiger charge is -2.47. The Morgan fingerprint density at radius 3 is 2.24 bits per heavy atom. The third-order valence-electron chi connectivity index (χ3n) is 12.8. The molecule has 0 unspecified atom stereocenters. The summed E-state index contributed by atoms with van der Waals surface area (Å²) in [5.74, 6) is -0.397. The van der Waals surface area contributed by atoms with Crippen LogP contribution in [0.25, 0.3) is 6.08 Å². The van der Waals surface area contributed by atoms with Crippen LogP contribution in [0, 0.1) is 35.0 Å². The quantitative estimate of drug-likeness (QED) is 0.163. The zero-order chi connectivity index (χ0) is 45.8. The Morgan fingerprint density at radius 2 is 1.63 bits per heavy atom. The number of benzene rings is 1. The van der Waals surface area contributed by atoms with Gasteiger partial charge < -0.3 is 33.5 Å². The molecule has 0 radical (unpaired) electrons. The fraction of sp³-hybridized carbons (Fsp3) is 0.720. The largest absolute Gasteiger partial charge is 0.462 e. The number of aromatic nitrogens is 2. The number of esters is 2. The van der Waals surface area contributed by atoms with Gasteiger partial charge in [0.2, 0.25) is 12.2 Å². The Balaban J connectivity index is 1.21. The molecule has 3 aliphatic rings. The highest BCUT2D eigenvalue weighted by Gasteiger charge is 2.47. The summed E-state index contributed by atoms with van der Waals surface area (Å²) in [5, 5.41) is 7.92. The van der Waals surface area contributed by atoms with Crippen LogP contribution >= 0.6 is 0 Å². The Hall–Kier alpha value is -3.90. The number of hydrogen-bond donors (Lipinski definition) is 1. The summed E-state index contributed by atoms with van der Waals surface area (Å²) >= 11 is 0. The third-order valence-corrected chi connectivity index (χ3v) is 12.8. The Kier molecular flexibility index (Phi) is 15.7. The first-order valence-corrected chi connectivity index (χ1v) is 23.1. The van der Waals surface area contributed by atoms with Crippen LogP contribution in [0.3, 0.4) is 0 Å². The van der Waals surface area contributed by atoms with E-state index >= 15 is 0 Å². The van der Waals surface area contributed by atoms with E-state index in [0.29, 0.717) is 17.7 Å². The van der Waals surface area contributed by atoms with E-state index in [1.807, 2.05) is 60.3 Å². The van der Waals surface area contributed by atoms with Crippen molar-refractivity contribution >= 4 is 24.1 Å². The number of piperidine rings is 2. The van der Waals surface area contributed by atoms with Crippen LogP contribution in [-0.4, -0.2) is 101 Å². The highest BCUT2D eigenvalue weighted by Crippen LogP contribution is 2.41. The molecule has 346 valence electrons. The van der Waals surface area contributed by atoms with Crippen LogP contribution < -0.4 is 4.74 Å². The highest BCUT2D eigenvalue weighted by atomic mass is 16.7. The van der Waals surface area contributed by atoms with Crippen molar-refractivity contribution in [2.75, 3.05) is 39.3 Å². The summed E-state index contributed by atoms with van der Waals surface area (Å²) < 4.78 is 30.7. The van der Waals surface area contributed by atoms with Crippen molar-refractivity contribution in [1.29, 1.82) is 0 Å². The zero-order valence-electron chi connectivity index (χ0n) is 40.4. The number of hydrogen-bond acceptors (Lipinski definition) is 10. The molecule has 62 heavy (non-hydrogen) atoms. The van der Waals surface area contributed by atoms with Gasteiger partial charge >= 0.3 is 18.0 Å². The standard InChI is InChI=1S/C50H78N4O8/c1-32(2)40-38(42(52-51-40)61-43-35(5)34(4)41(60-45(56)48(9,10)11)39(59-43)30-58-44(55)47(6,7)8)29-37-20-19-36(28-33(37)3)18-15-16-24-53-25-17-21-50(31-53)22-26-54(27-23-50)46(57)62-49(12,13)14/h15,18-20,28,32,34-35,39,41,43H,16-17,21-27,29-31H2,1-14H3,(H,51,52)/b18-15+/t34-,35-,39-,41+,43+/m1/s1. The summed E-state index contributed by atoms with van der Waals surface area (Å²) in [6.45, 7) is 31.8. The van der Waals surface area contributed by atoms with Crippen LogP contribution in [0.2, 0.25) is 0 Å². The van der Waals surface area contributed by atoms with Gasteiger partial charge in [0.1, 0.15) is 24.4 Å². The minimum atomic E-state index is -0.731. The fourth-order valence-electron chi connectivity index (χ4n) is 8.69. The van der Waals surface area contributed by atoms with Crippen LogP contribution in [0.5, 0.6) is 5.88 Å². The van der Waals surface area contributed by atoms with E-state index in [2.05, 4.69) is 66.2 Å². The minimum Gasteiger partial charge on any atom is -0.462 e. The van der Waals surface area contributed by atoms with E-state index in [9.17, 15) is 14.4 Å². The molecule has 5 atom stereocenters. The summed E-state index contributed by atoms with van der Waals surface area (Å²) in [5.41, 5.74) is 3.92. The molecule has 1 aromatic heterocycles. The maximum Gasteiger partial charge on any atom is 0.410 e. The number of ether oxygens (including phenoxy) is 5. The van der Waals surface area contributed by atoms with Gasteiger partial charge in [-0.15, -0.1) is 5.10 Å². The van der Waals surface area contributed by atoms with Gasteiger partial charge in [0, 0.05) is 55.7 Å². The summed E-state index contributed by atoms with van der Waals surface area (Å²) in [6, 6.07) is 6.62. The summed E-state index contributed by atoms with van der Waals surface area (Å²) in [4.78, 5) is 43.1. The first-order valence-electron chi connectivity index (χ1n) is 23.1. The Labute approximate surface area is 372 Å². The number of aromatic amines is 1. The van der Waals surface area contributed by atoms with Crippen molar-refractivity contribution in [1.82, 2.24) is 20.0 Å². The van der Waals surface area contributed by atoms with Gasteiger partial charge in [-0.25, -0.2) is 4.79 Å². The first kappa shape index (κ1) is 49.1. The summed E-state index contributed by atoms with van der Waals surface area (Å²) in [7, 11) is 0. The Morgan fingerprint density at radius 1 is 0.952 bits per heavy atom. The Bertz CT molecular complexity index is 1870. The van der Waals surface area contributed by atoms with Gasteiger partial charge in [0.25, 0.3) is 0 Å². The average molecular weight is 863 g/mol. The molecule has 5 rings (SSSR count). The number of carbonyl (C=O) groups excluding carboxylic acids is 3. The van der Waals surface area contributed by atoms with E-state index in [1.54, 1.807) is 20.8 Å². The van der Waals surface area contributed by atoms with Crippen LogP contribution in [0.15, 0.2) is 24.3 Å². The lowest BCUT2D eigenvalue weighted by molar-refractivity contribution is -0.252. The molecule has 1 aromatic carbocycles. The SMILES string of the molecule is Cc1cc(/C=C/CCN2CCCC3(CCN(C(=O)OC(C)(C)C)CC3)C2)ccc1Cc1c(O[C@@H]2O[C@H](COC(=O)C(C)(C)C)[C@@H](OC(=O)C(C)(C)C)[C@H](C)[C@H]2C)n[nH]c1C(C)C. The predicted molar refractivity (Wildman–Crippen MR) is 243 cm³/mol. The zero-order valence-corrected chi connectivity index (χ0v) is 40.4. The number of nitrogens with one attached hydrogen (secondary N) is 1. The van der Waals surface area contributed by atoms with E-state index in [1.165, 1.54) is 29.5 Å².